The van der Waals surface area contributed by atoms with Crippen LogP contribution in [0.4, 0.5) is 18.9 Å². The number of hydrogen-bond acceptors (Lipinski definition) is 6. The fraction of sp³-hybridized carbons (Fsp3) is 0.333. The number of benzene rings is 1. The fourth-order valence-corrected chi connectivity index (χ4v) is 4.53. The Labute approximate surface area is 191 Å². The highest BCUT2D eigenvalue weighted by Gasteiger charge is 2.30. The van der Waals surface area contributed by atoms with Crippen LogP contribution in [0.1, 0.15) is 26.4 Å². The van der Waals surface area contributed by atoms with Crippen molar-refractivity contribution in [3.05, 3.63) is 79.8 Å². The van der Waals surface area contributed by atoms with Gasteiger partial charge in [0.15, 0.2) is 0 Å². The molecule has 1 fully saturated rings. The van der Waals surface area contributed by atoms with Crippen LogP contribution in [-0.2, 0) is 19.3 Å². The van der Waals surface area contributed by atoms with Crippen LogP contribution in [0.3, 0.4) is 0 Å². The lowest BCUT2D eigenvalue weighted by molar-refractivity contribution is -0.385. The van der Waals surface area contributed by atoms with Gasteiger partial charge >= 0.3 is 11.9 Å². The quantitative estimate of drug-likeness (QED) is 0.396. The predicted molar refractivity (Wildman–Crippen MR) is 115 cm³/mol. The minimum Gasteiger partial charge on any atom is -0.335 e. The van der Waals surface area contributed by atoms with Crippen molar-refractivity contribution in [2.75, 3.05) is 26.2 Å². The summed E-state index contributed by atoms with van der Waals surface area (Å²) in [6, 6.07) is 7.07. The highest BCUT2D eigenvalue weighted by molar-refractivity contribution is 7.12. The van der Waals surface area contributed by atoms with Gasteiger partial charge in [-0.15, -0.1) is 11.3 Å². The molecule has 1 saturated heterocycles. The van der Waals surface area contributed by atoms with E-state index in [0.717, 1.165) is 11.6 Å². The number of piperazine rings is 1. The van der Waals surface area contributed by atoms with Crippen molar-refractivity contribution in [1.82, 2.24) is 19.6 Å². The summed E-state index contributed by atoms with van der Waals surface area (Å²) >= 11 is 1.30. The molecule has 8 nitrogen and oxygen atoms in total. The Morgan fingerprint density at radius 2 is 1.88 bits per heavy atom. The minimum absolute atomic E-state index is 0.0930. The van der Waals surface area contributed by atoms with E-state index in [1.807, 2.05) is 10.3 Å². The summed E-state index contributed by atoms with van der Waals surface area (Å²) in [6.45, 7) is 2.81. The van der Waals surface area contributed by atoms with Gasteiger partial charge in [0.05, 0.1) is 21.9 Å². The van der Waals surface area contributed by atoms with Gasteiger partial charge in [0.2, 0.25) is 0 Å². The molecule has 33 heavy (non-hydrogen) atoms. The normalized spacial score (nSPS) is 15.1. The number of amides is 1. The smallest absolute Gasteiger partial charge is 0.335 e. The molecule has 1 aliphatic rings. The monoisotopic (exact) mass is 479 g/mol. The van der Waals surface area contributed by atoms with Gasteiger partial charge in [-0.05, 0) is 28.6 Å². The van der Waals surface area contributed by atoms with Gasteiger partial charge in [-0.25, -0.2) is 0 Å². The molecule has 0 radical (unpaired) electrons. The summed E-state index contributed by atoms with van der Waals surface area (Å²) in [5, 5.41) is 16.5. The molecular formula is C21H20F3N5O3S. The zero-order valence-corrected chi connectivity index (χ0v) is 18.2. The van der Waals surface area contributed by atoms with Crippen molar-refractivity contribution in [2.24, 2.45) is 0 Å². The van der Waals surface area contributed by atoms with Crippen molar-refractivity contribution in [3.63, 3.8) is 0 Å². The molecule has 0 N–H and O–H groups in total. The zero-order valence-electron chi connectivity index (χ0n) is 17.4. The molecule has 1 aromatic carbocycles. The third-order valence-corrected chi connectivity index (χ3v) is 6.33. The van der Waals surface area contributed by atoms with E-state index in [4.69, 9.17) is 0 Å². The molecule has 0 spiro atoms. The van der Waals surface area contributed by atoms with Gasteiger partial charge < -0.3 is 4.90 Å². The zero-order chi connectivity index (χ0) is 23.6. The number of aromatic nitrogens is 2. The summed E-state index contributed by atoms with van der Waals surface area (Å²) in [4.78, 5) is 27.4. The second-order valence-electron chi connectivity index (χ2n) is 7.74. The predicted octanol–water partition coefficient (Wildman–Crippen LogP) is 3.88. The highest BCUT2D eigenvalue weighted by atomic mass is 32.1. The van der Waals surface area contributed by atoms with Gasteiger partial charge in [-0.3, -0.25) is 24.5 Å². The van der Waals surface area contributed by atoms with Crippen LogP contribution < -0.4 is 0 Å². The van der Waals surface area contributed by atoms with Crippen LogP contribution in [0.25, 0.3) is 0 Å². The van der Waals surface area contributed by atoms with Gasteiger partial charge in [0, 0.05) is 32.7 Å². The second kappa shape index (κ2) is 9.32. The number of rotatable bonds is 6. The van der Waals surface area contributed by atoms with Gasteiger partial charge in [0.1, 0.15) is 12.4 Å². The number of hydrogen-bond donors (Lipinski definition) is 0. The van der Waals surface area contributed by atoms with Gasteiger partial charge in [0.25, 0.3) is 5.91 Å². The van der Waals surface area contributed by atoms with Crippen LogP contribution >= 0.6 is 11.3 Å². The molecule has 0 unspecified atom stereocenters. The van der Waals surface area contributed by atoms with E-state index in [2.05, 4.69) is 5.10 Å². The first-order valence-corrected chi connectivity index (χ1v) is 11.0. The fourth-order valence-electron chi connectivity index (χ4n) is 3.66. The molecule has 0 atom stereocenters. The molecule has 2 aromatic heterocycles. The molecule has 0 saturated carbocycles. The number of carbonyl (C=O) groups is 1. The average molecular weight is 479 g/mol. The first-order chi connectivity index (χ1) is 15.7. The molecule has 3 heterocycles. The number of thiophene rings is 1. The van der Waals surface area contributed by atoms with Crippen molar-refractivity contribution in [2.45, 2.75) is 19.3 Å². The number of nitrogens with zero attached hydrogens (tertiary/aromatic N) is 5. The maximum Gasteiger partial charge on any atom is 0.416 e. The first-order valence-electron chi connectivity index (χ1n) is 10.1. The largest absolute Gasteiger partial charge is 0.416 e. The number of carbonyl (C=O) groups excluding carboxylic acids is 1. The van der Waals surface area contributed by atoms with Crippen molar-refractivity contribution >= 4 is 22.9 Å². The Hall–Kier alpha value is -3.25. The lowest BCUT2D eigenvalue weighted by Gasteiger charge is -2.34. The second-order valence-corrected chi connectivity index (χ2v) is 8.65. The van der Waals surface area contributed by atoms with Crippen LogP contribution in [-0.4, -0.2) is 56.6 Å². The van der Waals surface area contributed by atoms with E-state index in [1.165, 1.54) is 40.5 Å². The number of alkyl halides is 3. The van der Waals surface area contributed by atoms with Crippen molar-refractivity contribution in [3.8, 4) is 0 Å². The molecular weight excluding hydrogens is 459 g/mol. The molecule has 0 bridgehead atoms. The maximum atomic E-state index is 12.9. The molecule has 3 aromatic rings. The van der Waals surface area contributed by atoms with E-state index in [1.54, 1.807) is 17.0 Å². The Morgan fingerprint density at radius 3 is 2.55 bits per heavy atom. The molecule has 0 aliphatic carbocycles. The number of nitro groups is 1. The molecule has 1 aliphatic heterocycles. The Morgan fingerprint density at radius 1 is 1.12 bits per heavy atom. The average Bonchev–Trinajstić information content (AvgIpc) is 3.44. The maximum absolute atomic E-state index is 12.9. The van der Waals surface area contributed by atoms with Gasteiger partial charge in [-0.1, -0.05) is 18.2 Å². The highest BCUT2D eigenvalue weighted by Crippen LogP contribution is 2.30. The molecule has 174 valence electrons. The summed E-state index contributed by atoms with van der Waals surface area (Å²) in [6.07, 6.45) is -1.85. The van der Waals surface area contributed by atoms with Crippen LogP contribution in [0.2, 0.25) is 0 Å². The van der Waals surface area contributed by atoms with Crippen molar-refractivity contribution < 1.29 is 22.9 Å². The van der Waals surface area contributed by atoms with Crippen LogP contribution in [0.15, 0.2) is 48.1 Å². The van der Waals surface area contributed by atoms with Crippen LogP contribution in [0, 0.1) is 10.1 Å². The summed E-state index contributed by atoms with van der Waals surface area (Å²) in [5.41, 5.74) is 0.660. The standard InChI is InChI=1S/C21H20F3N5O3S/c22-21(23,24)17-3-1-2-15(8-17)11-26-4-6-27(7-5-26)20(30)19-9-16(14-33-19)12-28-13-18(10-25-28)29(31)32/h1-3,8-10,13-14H,4-7,11-12H2. The Kier molecular flexibility index (Phi) is 6.47. The lowest BCUT2D eigenvalue weighted by atomic mass is 10.1. The first kappa shape index (κ1) is 22.9. The van der Waals surface area contributed by atoms with Crippen LogP contribution in [0.5, 0.6) is 0 Å². The van der Waals surface area contributed by atoms with Crippen molar-refractivity contribution in [1.29, 1.82) is 0 Å². The SMILES string of the molecule is O=C(c1cc(Cn2cc([N+](=O)[O-])cn2)cs1)N1CCN(Cc2cccc(C(F)(F)F)c2)CC1. The topological polar surface area (TPSA) is 84.5 Å². The molecule has 12 heteroatoms. The summed E-state index contributed by atoms with van der Waals surface area (Å²) in [5.74, 6) is -0.101. The lowest BCUT2D eigenvalue weighted by Crippen LogP contribution is -2.48. The summed E-state index contributed by atoms with van der Waals surface area (Å²) in [7, 11) is 0. The Balaban J connectivity index is 1.31. The van der Waals surface area contributed by atoms with E-state index >= 15 is 0 Å². The summed E-state index contributed by atoms with van der Waals surface area (Å²) < 4.78 is 40.2. The third kappa shape index (κ3) is 5.57. The molecule has 4 rings (SSSR count). The van der Waals surface area contributed by atoms with E-state index in [-0.39, 0.29) is 11.6 Å². The van der Waals surface area contributed by atoms with E-state index in [9.17, 15) is 28.1 Å². The van der Waals surface area contributed by atoms with E-state index in [0.29, 0.717) is 49.7 Å². The minimum atomic E-state index is -4.37. The Bertz CT molecular complexity index is 1150. The molecule has 1 amide bonds. The van der Waals surface area contributed by atoms with Gasteiger partial charge in [-0.2, -0.15) is 18.3 Å². The third-order valence-electron chi connectivity index (χ3n) is 5.36. The van der Waals surface area contributed by atoms with E-state index < -0.39 is 16.7 Å². The number of halogens is 3.